The molecule has 1 N–H and O–H groups in total. The lowest BCUT2D eigenvalue weighted by molar-refractivity contribution is -0.00521. The fourth-order valence-corrected chi connectivity index (χ4v) is 4.67. The van der Waals surface area contributed by atoms with E-state index in [1.54, 1.807) is 18.3 Å². The predicted molar refractivity (Wildman–Crippen MR) is 131 cm³/mol. The van der Waals surface area contributed by atoms with Gasteiger partial charge in [-0.2, -0.15) is 5.26 Å². The van der Waals surface area contributed by atoms with Crippen LogP contribution < -0.4 is 4.90 Å². The largest absolute Gasteiger partial charge is 0.507 e. The Morgan fingerprint density at radius 2 is 1.71 bits per heavy atom. The number of hydrogen-bond donors (Lipinski definition) is 1. The molecule has 5 rings (SSSR count). The molecule has 1 aliphatic heterocycles. The van der Waals surface area contributed by atoms with E-state index in [0.29, 0.717) is 27.6 Å². The summed E-state index contributed by atoms with van der Waals surface area (Å²) >= 11 is 0. The second-order valence-electron chi connectivity index (χ2n) is 8.74. The highest BCUT2D eigenvalue weighted by molar-refractivity contribution is 6.00. The summed E-state index contributed by atoms with van der Waals surface area (Å²) < 4.78 is 20.0. The topological polar surface area (TPSA) is 69.4 Å². The zero-order valence-electron chi connectivity index (χ0n) is 19.0. The van der Waals surface area contributed by atoms with Crippen molar-refractivity contribution in [1.29, 1.82) is 5.26 Å². The minimum Gasteiger partial charge on any atom is -0.507 e. The van der Waals surface area contributed by atoms with Gasteiger partial charge in [0, 0.05) is 41.5 Å². The smallest absolute Gasteiger partial charge is 0.141 e. The van der Waals surface area contributed by atoms with E-state index in [1.807, 2.05) is 30.3 Å². The molecule has 1 saturated heterocycles. The maximum atomic E-state index is 14.2. The van der Waals surface area contributed by atoms with Gasteiger partial charge in [0.25, 0.3) is 0 Å². The Hall–Kier alpha value is -3.95. The molecule has 0 spiro atoms. The number of aromatic hydroxyl groups is 1. The molecule has 6 heteroatoms. The van der Waals surface area contributed by atoms with Gasteiger partial charge in [-0.1, -0.05) is 30.3 Å². The van der Waals surface area contributed by atoms with Gasteiger partial charge in [0.15, 0.2) is 0 Å². The van der Waals surface area contributed by atoms with E-state index in [2.05, 4.69) is 35.9 Å². The molecule has 2 atom stereocenters. The molecule has 4 aromatic rings. The number of morpholine rings is 1. The Kier molecular flexibility index (Phi) is 5.64. The van der Waals surface area contributed by atoms with Crippen LogP contribution in [-0.4, -0.2) is 35.4 Å². The Labute approximate surface area is 197 Å². The normalized spacial score (nSPS) is 18.1. The highest BCUT2D eigenvalue weighted by Crippen LogP contribution is 2.38. The van der Waals surface area contributed by atoms with Crippen LogP contribution in [0.4, 0.5) is 10.1 Å². The van der Waals surface area contributed by atoms with Crippen molar-refractivity contribution < 1.29 is 14.2 Å². The molecule has 3 aromatic carbocycles. The highest BCUT2D eigenvalue weighted by atomic mass is 19.1. The number of para-hydroxylation sites is 1. The fourth-order valence-electron chi connectivity index (χ4n) is 4.67. The van der Waals surface area contributed by atoms with Gasteiger partial charge in [0.2, 0.25) is 0 Å². The maximum absolute atomic E-state index is 14.2. The fraction of sp³-hybridized carbons (Fsp3) is 0.214. The summed E-state index contributed by atoms with van der Waals surface area (Å²) in [4.78, 5) is 6.93. The number of pyridine rings is 1. The van der Waals surface area contributed by atoms with Crippen molar-refractivity contribution >= 4 is 16.6 Å². The molecular formula is C28H24FN3O2. The number of anilines is 1. The minimum atomic E-state index is -0.581. The molecule has 0 radical (unpaired) electrons. The molecule has 0 aliphatic carbocycles. The molecular weight excluding hydrogens is 429 g/mol. The van der Waals surface area contributed by atoms with E-state index >= 15 is 0 Å². The molecule has 0 bridgehead atoms. The van der Waals surface area contributed by atoms with Crippen LogP contribution in [0.5, 0.6) is 5.75 Å². The van der Waals surface area contributed by atoms with E-state index < -0.39 is 5.82 Å². The average Bonchev–Trinajstić information content (AvgIpc) is 2.83. The first-order valence-electron chi connectivity index (χ1n) is 11.3. The SMILES string of the molecule is C[C@@H]1CN(c2ccc(-c3cnc4c(-c5ccc(C#N)c(F)c5)cccc4c3O)cc2)C[C@H](C)O1. The number of hydrogen-bond acceptors (Lipinski definition) is 5. The van der Waals surface area contributed by atoms with E-state index in [9.17, 15) is 9.50 Å². The van der Waals surface area contributed by atoms with Crippen molar-refractivity contribution in [1.82, 2.24) is 4.98 Å². The van der Waals surface area contributed by atoms with E-state index in [4.69, 9.17) is 10.00 Å². The third-order valence-electron chi connectivity index (χ3n) is 6.23. The Balaban J connectivity index is 1.50. The third-order valence-corrected chi connectivity index (χ3v) is 6.23. The molecule has 1 aromatic heterocycles. The van der Waals surface area contributed by atoms with E-state index in [0.717, 1.165) is 24.3 Å². The quantitative estimate of drug-likeness (QED) is 0.418. The summed E-state index contributed by atoms with van der Waals surface area (Å²) in [5, 5.41) is 20.7. The minimum absolute atomic E-state index is 0.00785. The first-order chi connectivity index (χ1) is 16.4. The summed E-state index contributed by atoms with van der Waals surface area (Å²) in [6.45, 7) is 5.84. The van der Waals surface area contributed by atoms with Gasteiger partial charge in [-0.25, -0.2) is 4.39 Å². The van der Waals surface area contributed by atoms with Crippen molar-refractivity contribution in [3.05, 3.63) is 78.2 Å². The zero-order valence-corrected chi connectivity index (χ0v) is 19.0. The van der Waals surface area contributed by atoms with Crippen molar-refractivity contribution in [3.63, 3.8) is 0 Å². The number of halogens is 1. The molecule has 1 aliphatic rings. The van der Waals surface area contributed by atoms with Crippen LogP contribution in [0.3, 0.4) is 0 Å². The Morgan fingerprint density at radius 3 is 2.38 bits per heavy atom. The molecule has 2 heterocycles. The number of aromatic nitrogens is 1. The second kappa shape index (κ2) is 8.77. The standard InChI is InChI=1S/C28H24FN3O2/c1-17-15-32(16-18(2)34-17)22-10-8-19(9-11-22)25-14-31-27-23(4-3-5-24(27)28(25)33)20-6-7-21(13-30)26(29)12-20/h3-12,14,17-18H,15-16H2,1-2H3,(H,31,33)/t17-,18+. The van der Waals surface area contributed by atoms with Gasteiger partial charge >= 0.3 is 0 Å². The van der Waals surface area contributed by atoms with Crippen molar-refractivity contribution in [2.24, 2.45) is 0 Å². The van der Waals surface area contributed by atoms with Gasteiger partial charge in [-0.15, -0.1) is 0 Å². The van der Waals surface area contributed by atoms with Crippen LogP contribution >= 0.6 is 0 Å². The van der Waals surface area contributed by atoms with Crippen LogP contribution in [0.25, 0.3) is 33.2 Å². The molecule has 34 heavy (non-hydrogen) atoms. The molecule has 0 saturated carbocycles. The van der Waals surface area contributed by atoms with Gasteiger partial charge < -0.3 is 14.7 Å². The van der Waals surface area contributed by atoms with Crippen LogP contribution in [-0.2, 0) is 4.74 Å². The number of fused-ring (bicyclic) bond motifs is 1. The number of benzene rings is 3. The summed E-state index contributed by atoms with van der Waals surface area (Å²) in [5.74, 6) is -0.454. The number of nitriles is 1. The van der Waals surface area contributed by atoms with Gasteiger partial charge in [0.05, 0.1) is 23.3 Å². The Morgan fingerprint density at radius 1 is 1.00 bits per heavy atom. The first-order valence-corrected chi connectivity index (χ1v) is 11.3. The molecule has 0 unspecified atom stereocenters. The maximum Gasteiger partial charge on any atom is 0.141 e. The molecule has 0 amide bonds. The summed E-state index contributed by atoms with van der Waals surface area (Å²) in [7, 11) is 0. The average molecular weight is 454 g/mol. The van der Waals surface area contributed by atoms with E-state index in [-0.39, 0.29) is 23.5 Å². The molecule has 170 valence electrons. The van der Waals surface area contributed by atoms with Crippen LogP contribution in [0.1, 0.15) is 19.4 Å². The van der Waals surface area contributed by atoms with Crippen molar-refractivity contribution in [2.45, 2.75) is 26.1 Å². The lowest BCUT2D eigenvalue weighted by Crippen LogP contribution is -2.45. The zero-order chi connectivity index (χ0) is 23.8. The number of rotatable bonds is 3. The number of ether oxygens (including phenoxy) is 1. The first kappa shape index (κ1) is 21.9. The lowest BCUT2D eigenvalue weighted by Gasteiger charge is -2.36. The molecule has 1 fully saturated rings. The van der Waals surface area contributed by atoms with Crippen LogP contribution in [0.2, 0.25) is 0 Å². The van der Waals surface area contributed by atoms with Gasteiger partial charge in [0.1, 0.15) is 17.6 Å². The van der Waals surface area contributed by atoms with Gasteiger partial charge in [-0.05, 0) is 55.3 Å². The van der Waals surface area contributed by atoms with Crippen LogP contribution in [0, 0.1) is 17.1 Å². The summed E-state index contributed by atoms with van der Waals surface area (Å²) in [5.41, 5.74) is 4.45. The summed E-state index contributed by atoms with van der Waals surface area (Å²) in [6, 6.07) is 19.8. The summed E-state index contributed by atoms with van der Waals surface area (Å²) in [6.07, 6.45) is 2.00. The van der Waals surface area contributed by atoms with Crippen LogP contribution in [0.15, 0.2) is 66.9 Å². The number of nitrogens with zero attached hydrogens (tertiary/aromatic N) is 3. The second-order valence-corrected chi connectivity index (χ2v) is 8.74. The van der Waals surface area contributed by atoms with Crippen molar-refractivity contribution in [2.75, 3.05) is 18.0 Å². The monoisotopic (exact) mass is 453 g/mol. The van der Waals surface area contributed by atoms with Crippen molar-refractivity contribution in [3.8, 4) is 34.1 Å². The predicted octanol–water partition coefficient (Wildman–Crippen LogP) is 5.90. The van der Waals surface area contributed by atoms with Gasteiger partial charge in [-0.3, -0.25) is 4.98 Å². The highest BCUT2D eigenvalue weighted by Gasteiger charge is 2.22. The molecule has 5 nitrogen and oxygen atoms in total. The van der Waals surface area contributed by atoms with E-state index in [1.165, 1.54) is 12.1 Å². The lowest BCUT2D eigenvalue weighted by atomic mass is 9.97. The Bertz CT molecular complexity index is 1400. The third kappa shape index (κ3) is 3.95.